The van der Waals surface area contributed by atoms with E-state index in [0.29, 0.717) is 6.61 Å². The minimum Gasteiger partial charge on any atom is -0.365 e. The number of likely N-dealkylation sites (tertiary alicyclic amines) is 1. The summed E-state index contributed by atoms with van der Waals surface area (Å²) in [7, 11) is 0. The highest BCUT2D eigenvalue weighted by Crippen LogP contribution is 2.32. The maximum atomic E-state index is 12.5. The molecule has 1 aromatic rings. The number of rotatable bonds is 5. The van der Waals surface area contributed by atoms with E-state index in [0.717, 1.165) is 30.8 Å². The number of hydrogen-bond donors (Lipinski definition) is 0. The van der Waals surface area contributed by atoms with Crippen LogP contribution in [-0.4, -0.2) is 35.0 Å². The molecule has 1 amide bonds. The van der Waals surface area contributed by atoms with Crippen LogP contribution in [0.5, 0.6) is 0 Å². The smallest absolute Gasteiger partial charge is 0.252 e. The fraction of sp³-hybridized carbons (Fsp3) is 0.571. The van der Waals surface area contributed by atoms with Crippen molar-refractivity contribution in [1.29, 1.82) is 0 Å². The van der Waals surface area contributed by atoms with Gasteiger partial charge in [-0.25, -0.2) is 4.98 Å². The Morgan fingerprint density at radius 1 is 1.74 bits per heavy atom. The molecule has 0 aromatic carbocycles. The number of carbonyl (C=O) groups excluding carboxylic acids is 1. The van der Waals surface area contributed by atoms with Crippen LogP contribution < -0.4 is 0 Å². The van der Waals surface area contributed by atoms with Crippen LogP contribution in [-0.2, 0) is 9.53 Å². The standard InChI is InChI=1S/C14H20N2O2S/c1-3-9-18-11(2)14(17)16-8-5-4-6-12(16)13-15-7-10-19-13/h3,7,10-12H,1,4-6,8-9H2,2H3/t11-,12+/m0/s1. The molecule has 0 bridgehead atoms. The molecule has 0 spiro atoms. The van der Waals surface area contributed by atoms with E-state index in [1.54, 1.807) is 30.5 Å². The average molecular weight is 280 g/mol. The van der Waals surface area contributed by atoms with Crippen LogP contribution >= 0.6 is 11.3 Å². The lowest BCUT2D eigenvalue weighted by Gasteiger charge is -2.36. The largest absolute Gasteiger partial charge is 0.365 e. The molecule has 0 unspecified atom stereocenters. The summed E-state index contributed by atoms with van der Waals surface area (Å²) in [6.45, 7) is 6.61. The van der Waals surface area contributed by atoms with Gasteiger partial charge in [-0.05, 0) is 26.2 Å². The van der Waals surface area contributed by atoms with E-state index in [1.165, 1.54) is 0 Å². The lowest BCUT2D eigenvalue weighted by molar-refractivity contribution is -0.146. The van der Waals surface area contributed by atoms with Crippen LogP contribution in [0.4, 0.5) is 0 Å². The normalized spacial score (nSPS) is 21.1. The predicted molar refractivity (Wildman–Crippen MR) is 76.0 cm³/mol. The Balaban J connectivity index is 2.06. The van der Waals surface area contributed by atoms with Gasteiger partial charge >= 0.3 is 0 Å². The summed E-state index contributed by atoms with van der Waals surface area (Å²) in [6.07, 6.45) is 6.25. The molecule has 1 aliphatic heterocycles. The molecule has 1 aromatic heterocycles. The van der Waals surface area contributed by atoms with E-state index in [-0.39, 0.29) is 11.9 Å². The van der Waals surface area contributed by atoms with Crippen LogP contribution in [0.3, 0.4) is 0 Å². The molecule has 104 valence electrons. The molecular formula is C14H20N2O2S. The minimum atomic E-state index is -0.418. The molecule has 1 fully saturated rings. The number of carbonyl (C=O) groups is 1. The number of nitrogens with zero attached hydrogens (tertiary/aromatic N) is 2. The van der Waals surface area contributed by atoms with Crippen molar-refractivity contribution in [1.82, 2.24) is 9.88 Å². The van der Waals surface area contributed by atoms with Gasteiger partial charge in [0.05, 0.1) is 12.6 Å². The van der Waals surface area contributed by atoms with Crippen molar-refractivity contribution in [2.24, 2.45) is 0 Å². The Labute approximate surface area is 118 Å². The van der Waals surface area contributed by atoms with Crippen molar-refractivity contribution >= 4 is 17.2 Å². The second-order valence-corrected chi connectivity index (χ2v) is 5.60. The number of piperidine rings is 1. The van der Waals surface area contributed by atoms with Crippen molar-refractivity contribution in [2.75, 3.05) is 13.2 Å². The first-order chi connectivity index (χ1) is 9.24. The van der Waals surface area contributed by atoms with Gasteiger partial charge in [-0.15, -0.1) is 17.9 Å². The first-order valence-electron chi connectivity index (χ1n) is 6.66. The van der Waals surface area contributed by atoms with E-state index in [9.17, 15) is 4.79 Å². The van der Waals surface area contributed by atoms with E-state index < -0.39 is 6.10 Å². The van der Waals surface area contributed by atoms with E-state index in [1.807, 2.05) is 10.3 Å². The molecule has 1 saturated heterocycles. The zero-order chi connectivity index (χ0) is 13.7. The van der Waals surface area contributed by atoms with Gasteiger partial charge in [-0.3, -0.25) is 4.79 Å². The minimum absolute atomic E-state index is 0.0572. The van der Waals surface area contributed by atoms with Gasteiger partial charge in [0.2, 0.25) is 0 Å². The highest BCUT2D eigenvalue weighted by Gasteiger charge is 2.32. The summed E-state index contributed by atoms with van der Waals surface area (Å²) in [5.41, 5.74) is 0. The van der Waals surface area contributed by atoms with Gasteiger partial charge in [0.15, 0.2) is 0 Å². The van der Waals surface area contributed by atoms with Crippen LogP contribution in [0, 0.1) is 0 Å². The van der Waals surface area contributed by atoms with E-state index in [2.05, 4.69) is 11.6 Å². The summed E-state index contributed by atoms with van der Waals surface area (Å²) < 4.78 is 5.45. The molecular weight excluding hydrogens is 260 g/mol. The molecule has 0 N–H and O–H groups in total. The Kier molecular flexibility index (Phi) is 5.10. The van der Waals surface area contributed by atoms with Gasteiger partial charge in [-0.1, -0.05) is 6.08 Å². The van der Waals surface area contributed by atoms with Gasteiger partial charge in [0, 0.05) is 18.1 Å². The van der Waals surface area contributed by atoms with E-state index >= 15 is 0 Å². The summed E-state index contributed by atoms with van der Waals surface area (Å²) in [4.78, 5) is 18.7. The fourth-order valence-electron chi connectivity index (χ4n) is 2.37. The van der Waals surface area contributed by atoms with Crippen molar-refractivity contribution < 1.29 is 9.53 Å². The van der Waals surface area contributed by atoms with Crippen LogP contribution in [0.25, 0.3) is 0 Å². The van der Waals surface area contributed by atoms with Gasteiger partial charge in [-0.2, -0.15) is 0 Å². The number of thiazole rings is 1. The van der Waals surface area contributed by atoms with Crippen molar-refractivity contribution in [3.8, 4) is 0 Å². The Morgan fingerprint density at radius 2 is 2.58 bits per heavy atom. The molecule has 2 heterocycles. The third-order valence-corrected chi connectivity index (χ3v) is 4.21. The second-order valence-electron chi connectivity index (χ2n) is 4.68. The molecule has 1 aliphatic rings. The monoisotopic (exact) mass is 280 g/mol. The summed E-state index contributed by atoms with van der Waals surface area (Å²) in [6, 6.07) is 0.121. The first-order valence-corrected chi connectivity index (χ1v) is 7.54. The van der Waals surface area contributed by atoms with Crippen LogP contribution in [0.1, 0.15) is 37.2 Å². The quantitative estimate of drug-likeness (QED) is 0.779. The molecule has 4 nitrogen and oxygen atoms in total. The third kappa shape index (κ3) is 3.42. The topological polar surface area (TPSA) is 42.4 Å². The molecule has 5 heteroatoms. The van der Waals surface area contributed by atoms with E-state index in [4.69, 9.17) is 4.74 Å². The maximum Gasteiger partial charge on any atom is 0.252 e. The highest BCUT2D eigenvalue weighted by atomic mass is 32.1. The number of hydrogen-bond acceptors (Lipinski definition) is 4. The number of aromatic nitrogens is 1. The maximum absolute atomic E-state index is 12.5. The lowest BCUT2D eigenvalue weighted by Crippen LogP contribution is -2.44. The Bertz CT molecular complexity index is 419. The van der Waals surface area contributed by atoms with Gasteiger partial charge in [0.25, 0.3) is 5.91 Å². The Morgan fingerprint density at radius 3 is 3.26 bits per heavy atom. The highest BCUT2D eigenvalue weighted by molar-refractivity contribution is 7.09. The third-order valence-electron chi connectivity index (χ3n) is 3.33. The van der Waals surface area contributed by atoms with Crippen molar-refractivity contribution in [3.63, 3.8) is 0 Å². The van der Waals surface area contributed by atoms with Crippen LogP contribution in [0.15, 0.2) is 24.2 Å². The first kappa shape index (κ1) is 14.2. The summed E-state index contributed by atoms with van der Waals surface area (Å²) in [5, 5.41) is 2.99. The number of amides is 1. The van der Waals surface area contributed by atoms with Gasteiger partial charge < -0.3 is 9.64 Å². The molecule has 2 atom stereocenters. The zero-order valence-electron chi connectivity index (χ0n) is 11.2. The van der Waals surface area contributed by atoms with Gasteiger partial charge in [0.1, 0.15) is 11.1 Å². The average Bonchev–Trinajstić information content (AvgIpc) is 2.98. The fourth-order valence-corrected chi connectivity index (χ4v) is 3.15. The summed E-state index contributed by atoms with van der Waals surface area (Å²) in [5.74, 6) is 0.0572. The SMILES string of the molecule is C=CCO[C@@H](C)C(=O)N1CCCC[C@@H]1c1nccs1. The molecule has 2 rings (SSSR count). The van der Waals surface area contributed by atoms with Crippen molar-refractivity contribution in [3.05, 3.63) is 29.2 Å². The molecule has 19 heavy (non-hydrogen) atoms. The second kappa shape index (κ2) is 6.82. The predicted octanol–water partition coefficient (Wildman–Crippen LogP) is 2.79. The lowest BCUT2D eigenvalue weighted by atomic mass is 10.0. The molecule has 0 saturated carbocycles. The Hall–Kier alpha value is -1.20. The van der Waals surface area contributed by atoms with Crippen molar-refractivity contribution in [2.45, 2.75) is 38.3 Å². The zero-order valence-corrected chi connectivity index (χ0v) is 12.1. The summed E-state index contributed by atoms with van der Waals surface area (Å²) >= 11 is 1.62. The molecule has 0 aliphatic carbocycles. The number of ether oxygens (including phenoxy) is 1. The molecule has 0 radical (unpaired) electrons. The van der Waals surface area contributed by atoms with Crippen LogP contribution in [0.2, 0.25) is 0 Å².